The summed E-state index contributed by atoms with van der Waals surface area (Å²) in [5.74, 6) is 0.521. The number of aliphatic hydroxyl groups is 1. The van der Waals surface area contributed by atoms with E-state index in [9.17, 15) is 0 Å². The predicted molar refractivity (Wildman–Crippen MR) is 63.4 cm³/mol. The van der Waals surface area contributed by atoms with Gasteiger partial charge in [0.2, 0.25) is 0 Å². The molecule has 0 bridgehead atoms. The molecule has 18 heavy (non-hydrogen) atoms. The Balaban J connectivity index is 2.01. The molecule has 1 atom stereocenters. The first-order valence-corrected chi connectivity index (χ1v) is 5.70. The van der Waals surface area contributed by atoms with Gasteiger partial charge in [-0.1, -0.05) is 0 Å². The van der Waals surface area contributed by atoms with Crippen molar-refractivity contribution < 1.29 is 9.94 Å². The van der Waals surface area contributed by atoms with E-state index < -0.39 is 0 Å². The standard InChI is InChI=1S/C10H14N6O2/c1-15-3-2-7(18-15)16-5-13-8-9(14-6-17)11-4-12-10(8)16/h4-5,7,17H,2-3,6H2,1H3,(H,11,12,14). The minimum absolute atomic E-state index is 0.0862. The lowest BCUT2D eigenvalue weighted by molar-refractivity contribution is -0.150. The second-order valence-electron chi connectivity index (χ2n) is 4.08. The molecule has 0 radical (unpaired) electrons. The predicted octanol–water partition coefficient (Wildman–Crippen LogP) is -0.0463. The molecular formula is C10H14N6O2. The van der Waals surface area contributed by atoms with Gasteiger partial charge in [0.25, 0.3) is 0 Å². The SMILES string of the molecule is CN1CCC(n2cnc3c(NCO)ncnc32)O1. The molecule has 96 valence electrons. The molecule has 8 nitrogen and oxygen atoms in total. The van der Waals surface area contributed by atoms with Gasteiger partial charge in [-0.2, -0.15) is 5.06 Å². The summed E-state index contributed by atoms with van der Waals surface area (Å²) in [6, 6.07) is 0. The van der Waals surface area contributed by atoms with Gasteiger partial charge in [0.1, 0.15) is 13.1 Å². The highest BCUT2D eigenvalue weighted by Crippen LogP contribution is 2.26. The quantitative estimate of drug-likeness (QED) is 0.738. The lowest BCUT2D eigenvalue weighted by atomic mass is 10.4. The Bertz CT molecular complexity index is 556. The number of hydrogen-bond donors (Lipinski definition) is 2. The van der Waals surface area contributed by atoms with Crippen molar-refractivity contribution in [1.82, 2.24) is 24.6 Å². The molecule has 0 aromatic carbocycles. The van der Waals surface area contributed by atoms with Crippen LogP contribution in [0.5, 0.6) is 0 Å². The first-order valence-electron chi connectivity index (χ1n) is 5.70. The Morgan fingerprint density at radius 3 is 3.11 bits per heavy atom. The molecule has 3 heterocycles. The number of hydroxylamine groups is 2. The lowest BCUT2D eigenvalue weighted by Gasteiger charge is -2.13. The molecular weight excluding hydrogens is 236 g/mol. The van der Waals surface area contributed by atoms with Crippen LogP contribution in [0.15, 0.2) is 12.7 Å². The first kappa shape index (κ1) is 11.3. The highest BCUT2D eigenvalue weighted by molar-refractivity contribution is 5.82. The van der Waals surface area contributed by atoms with Crippen molar-refractivity contribution in [1.29, 1.82) is 0 Å². The number of aromatic nitrogens is 4. The van der Waals surface area contributed by atoms with E-state index in [-0.39, 0.29) is 13.0 Å². The van der Waals surface area contributed by atoms with Crippen LogP contribution in [-0.2, 0) is 4.84 Å². The van der Waals surface area contributed by atoms with E-state index in [0.29, 0.717) is 17.0 Å². The summed E-state index contributed by atoms with van der Waals surface area (Å²) < 4.78 is 1.88. The summed E-state index contributed by atoms with van der Waals surface area (Å²) in [6.07, 6.45) is 3.93. The van der Waals surface area contributed by atoms with Crippen LogP contribution in [0.2, 0.25) is 0 Å². The molecule has 0 saturated carbocycles. The van der Waals surface area contributed by atoms with E-state index in [1.807, 2.05) is 11.6 Å². The number of fused-ring (bicyclic) bond motifs is 1. The number of aliphatic hydroxyl groups excluding tert-OH is 1. The van der Waals surface area contributed by atoms with Gasteiger partial charge in [-0.05, 0) is 0 Å². The van der Waals surface area contributed by atoms with Crippen LogP contribution in [0.25, 0.3) is 11.2 Å². The van der Waals surface area contributed by atoms with Crippen LogP contribution in [0.3, 0.4) is 0 Å². The highest BCUT2D eigenvalue weighted by Gasteiger charge is 2.24. The molecule has 2 N–H and O–H groups in total. The van der Waals surface area contributed by atoms with Gasteiger partial charge in [-0.25, -0.2) is 15.0 Å². The maximum absolute atomic E-state index is 8.89. The van der Waals surface area contributed by atoms with Crippen LogP contribution in [-0.4, -0.2) is 50.0 Å². The maximum Gasteiger partial charge on any atom is 0.167 e. The Morgan fingerprint density at radius 1 is 1.50 bits per heavy atom. The molecule has 1 saturated heterocycles. The van der Waals surface area contributed by atoms with Gasteiger partial charge in [0.05, 0.1) is 6.33 Å². The van der Waals surface area contributed by atoms with E-state index in [4.69, 9.17) is 9.94 Å². The summed E-state index contributed by atoms with van der Waals surface area (Å²) in [6.45, 7) is 0.679. The lowest BCUT2D eigenvalue weighted by Crippen LogP contribution is -2.13. The van der Waals surface area contributed by atoms with Crippen molar-refractivity contribution in [2.75, 3.05) is 25.6 Å². The number of rotatable bonds is 3. The van der Waals surface area contributed by atoms with Gasteiger partial charge in [-0.15, -0.1) is 0 Å². The van der Waals surface area contributed by atoms with Crippen LogP contribution in [0.4, 0.5) is 5.82 Å². The van der Waals surface area contributed by atoms with Crippen LogP contribution in [0.1, 0.15) is 12.6 Å². The van der Waals surface area contributed by atoms with Gasteiger partial charge in [0.15, 0.2) is 23.2 Å². The zero-order valence-corrected chi connectivity index (χ0v) is 9.94. The summed E-state index contributed by atoms with van der Waals surface area (Å²) >= 11 is 0. The van der Waals surface area contributed by atoms with Crippen LogP contribution >= 0.6 is 0 Å². The van der Waals surface area contributed by atoms with Gasteiger partial charge >= 0.3 is 0 Å². The van der Waals surface area contributed by atoms with Crippen molar-refractivity contribution in [2.24, 2.45) is 0 Å². The fraction of sp³-hybridized carbons (Fsp3) is 0.500. The monoisotopic (exact) mass is 250 g/mol. The van der Waals surface area contributed by atoms with Gasteiger partial charge < -0.3 is 10.4 Å². The summed E-state index contributed by atoms with van der Waals surface area (Å²) in [4.78, 5) is 18.2. The molecule has 2 aromatic rings. The molecule has 3 rings (SSSR count). The largest absolute Gasteiger partial charge is 0.377 e. The second kappa shape index (κ2) is 4.48. The number of imidazole rings is 1. The Labute approximate surface area is 103 Å². The van der Waals surface area contributed by atoms with Crippen molar-refractivity contribution in [2.45, 2.75) is 12.6 Å². The summed E-state index contributed by atoms with van der Waals surface area (Å²) in [7, 11) is 1.90. The minimum atomic E-state index is -0.193. The zero-order valence-electron chi connectivity index (χ0n) is 9.94. The average Bonchev–Trinajstić information content (AvgIpc) is 2.96. The highest BCUT2D eigenvalue weighted by atomic mass is 16.7. The zero-order chi connectivity index (χ0) is 12.5. The maximum atomic E-state index is 8.89. The Hall–Kier alpha value is -1.77. The second-order valence-corrected chi connectivity index (χ2v) is 4.08. The topological polar surface area (TPSA) is 88.3 Å². The smallest absolute Gasteiger partial charge is 0.167 e. The Kier molecular flexibility index (Phi) is 2.82. The fourth-order valence-corrected chi connectivity index (χ4v) is 2.06. The van der Waals surface area contributed by atoms with Gasteiger partial charge in [0, 0.05) is 20.0 Å². The normalized spacial score (nSPS) is 20.7. The third-order valence-corrected chi connectivity index (χ3v) is 2.91. The fourth-order valence-electron chi connectivity index (χ4n) is 2.06. The van der Waals surface area contributed by atoms with E-state index in [2.05, 4.69) is 20.3 Å². The Morgan fingerprint density at radius 2 is 2.39 bits per heavy atom. The minimum Gasteiger partial charge on any atom is -0.377 e. The number of anilines is 1. The third kappa shape index (κ3) is 1.80. The van der Waals surface area contributed by atoms with Crippen molar-refractivity contribution >= 4 is 17.0 Å². The van der Waals surface area contributed by atoms with Crippen LogP contribution < -0.4 is 5.32 Å². The molecule has 2 aromatic heterocycles. The third-order valence-electron chi connectivity index (χ3n) is 2.91. The molecule has 0 spiro atoms. The molecule has 1 aliphatic rings. The molecule has 0 amide bonds. The number of nitrogens with one attached hydrogen (secondary N) is 1. The average molecular weight is 250 g/mol. The number of nitrogens with zero attached hydrogens (tertiary/aromatic N) is 5. The van der Waals surface area contributed by atoms with Crippen molar-refractivity contribution in [3.8, 4) is 0 Å². The van der Waals surface area contributed by atoms with E-state index in [0.717, 1.165) is 13.0 Å². The van der Waals surface area contributed by atoms with E-state index in [1.165, 1.54) is 6.33 Å². The van der Waals surface area contributed by atoms with Crippen molar-refractivity contribution in [3.05, 3.63) is 12.7 Å². The van der Waals surface area contributed by atoms with Crippen LogP contribution in [0, 0.1) is 0 Å². The molecule has 0 aliphatic carbocycles. The first-order chi connectivity index (χ1) is 8.79. The molecule has 1 aliphatic heterocycles. The van der Waals surface area contributed by atoms with E-state index in [1.54, 1.807) is 11.4 Å². The molecule has 1 fully saturated rings. The molecule has 8 heteroatoms. The van der Waals surface area contributed by atoms with E-state index >= 15 is 0 Å². The number of hydrogen-bond acceptors (Lipinski definition) is 7. The van der Waals surface area contributed by atoms with Crippen molar-refractivity contribution in [3.63, 3.8) is 0 Å². The summed E-state index contributed by atoms with van der Waals surface area (Å²) in [5.41, 5.74) is 1.32. The van der Waals surface area contributed by atoms with Gasteiger partial charge in [-0.3, -0.25) is 9.40 Å². The molecule has 1 unspecified atom stereocenters. The summed E-state index contributed by atoms with van der Waals surface area (Å²) in [5, 5.41) is 13.4.